The monoisotopic (exact) mass is 272 g/mol. The van der Waals surface area contributed by atoms with Crippen LogP contribution in [0.4, 0.5) is 0 Å². The molecule has 1 rings (SSSR count). The third-order valence-corrected chi connectivity index (χ3v) is 8.95. The summed E-state index contributed by atoms with van der Waals surface area (Å²) in [5.41, 5.74) is 0. The molecule has 1 heterocycles. The highest BCUT2D eigenvalue weighted by Gasteiger charge is 2.38. The normalized spacial score (nSPS) is 29.6. The highest BCUT2D eigenvalue weighted by atomic mass is 28.4. The van der Waals surface area contributed by atoms with Crippen LogP contribution in [0.5, 0.6) is 0 Å². The predicted octanol–water partition coefficient (Wildman–Crippen LogP) is 3.39. The largest absolute Gasteiger partial charge is 0.417 e. The Bertz CT molecular complexity index is 283. The first-order valence-corrected chi connectivity index (χ1v) is 9.83. The molecule has 0 bridgehead atoms. The van der Waals surface area contributed by atoms with Crippen molar-refractivity contribution in [3.8, 4) is 0 Å². The van der Waals surface area contributed by atoms with Crippen molar-refractivity contribution in [3.63, 3.8) is 0 Å². The molecule has 1 fully saturated rings. The lowest BCUT2D eigenvalue weighted by Gasteiger charge is -2.36. The van der Waals surface area contributed by atoms with Crippen molar-refractivity contribution in [1.29, 1.82) is 0 Å². The van der Waals surface area contributed by atoms with Crippen LogP contribution in [0.1, 0.15) is 40.5 Å². The van der Waals surface area contributed by atoms with E-state index in [9.17, 15) is 4.79 Å². The maximum atomic E-state index is 10.7. The van der Waals surface area contributed by atoms with Gasteiger partial charge in [0.25, 0.3) is 0 Å². The maximum absolute atomic E-state index is 10.7. The Balaban J connectivity index is 2.37. The summed E-state index contributed by atoms with van der Waals surface area (Å²) >= 11 is 0. The molecular formula is C14H28O3Si. The average molecular weight is 272 g/mol. The highest BCUT2D eigenvalue weighted by molar-refractivity contribution is 6.74. The van der Waals surface area contributed by atoms with E-state index < -0.39 is 8.32 Å². The molecule has 1 aliphatic rings. The zero-order chi connectivity index (χ0) is 14.0. The van der Waals surface area contributed by atoms with E-state index >= 15 is 0 Å². The van der Waals surface area contributed by atoms with E-state index in [4.69, 9.17) is 9.16 Å². The molecule has 3 atom stereocenters. The van der Waals surface area contributed by atoms with Gasteiger partial charge in [0, 0.05) is 6.61 Å². The summed E-state index contributed by atoms with van der Waals surface area (Å²) < 4.78 is 11.8. The van der Waals surface area contributed by atoms with E-state index in [1.807, 2.05) is 0 Å². The molecule has 18 heavy (non-hydrogen) atoms. The van der Waals surface area contributed by atoms with Crippen molar-refractivity contribution in [2.45, 2.75) is 70.9 Å². The minimum absolute atomic E-state index is 0.185. The standard InChI is InChI=1S/C14H28O3Si/c1-11-9-12(10-15)17-13(11)7-8-16-18(5,6)14(2,3)4/h10-13H,7-9H2,1-6H3/t11-,12-,13+/m1/s1. The van der Waals surface area contributed by atoms with Crippen LogP contribution in [-0.4, -0.2) is 33.4 Å². The minimum atomic E-state index is -1.65. The van der Waals surface area contributed by atoms with Crippen molar-refractivity contribution in [2.24, 2.45) is 5.92 Å². The summed E-state index contributed by atoms with van der Waals surface area (Å²) in [4.78, 5) is 10.7. The second-order valence-corrected chi connectivity index (χ2v) is 11.8. The molecule has 0 unspecified atom stereocenters. The van der Waals surface area contributed by atoms with E-state index in [-0.39, 0.29) is 17.2 Å². The number of ether oxygens (including phenoxy) is 1. The number of rotatable bonds is 5. The fraction of sp³-hybridized carbons (Fsp3) is 0.929. The summed E-state index contributed by atoms with van der Waals surface area (Å²) in [5, 5.41) is 0.250. The number of aldehydes is 1. The van der Waals surface area contributed by atoms with Gasteiger partial charge in [-0.1, -0.05) is 27.7 Å². The number of hydrogen-bond acceptors (Lipinski definition) is 3. The second kappa shape index (κ2) is 5.84. The summed E-state index contributed by atoms with van der Waals surface area (Å²) in [5.74, 6) is 0.461. The topological polar surface area (TPSA) is 35.5 Å². The Morgan fingerprint density at radius 1 is 1.39 bits per heavy atom. The van der Waals surface area contributed by atoms with Crippen LogP contribution in [0.25, 0.3) is 0 Å². The van der Waals surface area contributed by atoms with Crippen LogP contribution in [0, 0.1) is 5.92 Å². The van der Waals surface area contributed by atoms with Gasteiger partial charge in [-0.2, -0.15) is 0 Å². The molecule has 106 valence electrons. The fourth-order valence-corrected chi connectivity index (χ4v) is 3.08. The third kappa shape index (κ3) is 3.90. The van der Waals surface area contributed by atoms with Crippen molar-refractivity contribution in [2.75, 3.05) is 6.61 Å². The average Bonchev–Trinajstić information content (AvgIpc) is 2.58. The van der Waals surface area contributed by atoms with Gasteiger partial charge in [0.2, 0.25) is 0 Å². The van der Waals surface area contributed by atoms with Crippen LogP contribution in [0.2, 0.25) is 18.1 Å². The van der Waals surface area contributed by atoms with Gasteiger partial charge < -0.3 is 14.0 Å². The first-order valence-electron chi connectivity index (χ1n) is 6.92. The van der Waals surface area contributed by atoms with Crippen molar-refractivity contribution in [1.82, 2.24) is 0 Å². The molecule has 0 saturated carbocycles. The number of carbonyl (C=O) groups excluding carboxylic acids is 1. The Morgan fingerprint density at radius 3 is 2.44 bits per heavy atom. The van der Waals surface area contributed by atoms with E-state index in [0.29, 0.717) is 5.92 Å². The lowest BCUT2D eigenvalue weighted by molar-refractivity contribution is -0.117. The van der Waals surface area contributed by atoms with Gasteiger partial charge in [-0.3, -0.25) is 0 Å². The van der Waals surface area contributed by atoms with Crippen molar-refractivity contribution in [3.05, 3.63) is 0 Å². The zero-order valence-corrected chi connectivity index (χ0v) is 13.7. The molecular weight excluding hydrogens is 244 g/mol. The fourth-order valence-electron chi connectivity index (χ4n) is 2.02. The van der Waals surface area contributed by atoms with Crippen LogP contribution >= 0.6 is 0 Å². The maximum Gasteiger partial charge on any atom is 0.191 e. The lowest BCUT2D eigenvalue weighted by Crippen LogP contribution is -2.41. The first kappa shape index (κ1) is 15.9. The molecule has 1 aliphatic heterocycles. The molecule has 0 spiro atoms. The summed E-state index contributed by atoms with van der Waals surface area (Å²) in [7, 11) is -1.65. The first-order chi connectivity index (χ1) is 8.17. The number of hydrogen-bond donors (Lipinski definition) is 0. The molecule has 4 heteroatoms. The van der Waals surface area contributed by atoms with Gasteiger partial charge in [0.15, 0.2) is 8.32 Å². The van der Waals surface area contributed by atoms with Gasteiger partial charge in [-0.15, -0.1) is 0 Å². The van der Waals surface area contributed by atoms with Crippen LogP contribution in [-0.2, 0) is 14.0 Å². The Kier molecular flexibility index (Phi) is 5.15. The smallest absolute Gasteiger partial charge is 0.191 e. The summed E-state index contributed by atoms with van der Waals surface area (Å²) in [6.07, 6.45) is 2.67. The molecule has 0 aliphatic carbocycles. The van der Waals surface area contributed by atoms with Gasteiger partial charge in [-0.25, -0.2) is 0 Å². The molecule has 0 amide bonds. The van der Waals surface area contributed by atoms with Crippen molar-refractivity contribution >= 4 is 14.6 Å². The SMILES string of the molecule is C[C@@H]1C[C@H](C=O)O[C@H]1CCO[Si](C)(C)C(C)(C)C. The zero-order valence-electron chi connectivity index (χ0n) is 12.7. The molecule has 0 aromatic heterocycles. The van der Waals surface area contributed by atoms with Gasteiger partial charge in [0.1, 0.15) is 12.4 Å². The van der Waals surface area contributed by atoms with Gasteiger partial charge in [-0.05, 0) is 36.9 Å². The molecule has 1 saturated heterocycles. The molecule has 3 nitrogen and oxygen atoms in total. The highest BCUT2D eigenvalue weighted by Crippen LogP contribution is 2.37. The van der Waals surface area contributed by atoms with E-state index in [0.717, 1.165) is 25.7 Å². The van der Waals surface area contributed by atoms with Crippen LogP contribution in [0.3, 0.4) is 0 Å². The molecule has 0 aromatic rings. The van der Waals surface area contributed by atoms with Crippen molar-refractivity contribution < 1.29 is 14.0 Å². The second-order valence-electron chi connectivity index (χ2n) is 6.96. The Hall–Kier alpha value is -0.193. The van der Waals surface area contributed by atoms with Crippen LogP contribution < -0.4 is 0 Å². The van der Waals surface area contributed by atoms with E-state index in [1.165, 1.54) is 0 Å². The quantitative estimate of drug-likeness (QED) is 0.568. The lowest BCUT2D eigenvalue weighted by atomic mass is 10.0. The number of carbonyl (C=O) groups is 1. The Labute approximate surface area is 112 Å². The predicted molar refractivity (Wildman–Crippen MR) is 76.3 cm³/mol. The Morgan fingerprint density at radius 2 is 2.00 bits per heavy atom. The van der Waals surface area contributed by atoms with Crippen LogP contribution in [0.15, 0.2) is 0 Å². The van der Waals surface area contributed by atoms with E-state index in [1.54, 1.807) is 0 Å². The molecule has 0 aromatic carbocycles. The molecule has 0 radical (unpaired) electrons. The van der Waals surface area contributed by atoms with E-state index in [2.05, 4.69) is 40.8 Å². The third-order valence-electron chi connectivity index (χ3n) is 4.41. The van der Waals surface area contributed by atoms with Gasteiger partial charge >= 0.3 is 0 Å². The summed E-state index contributed by atoms with van der Waals surface area (Å²) in [6.45, 7) is 14.2. The van der Waals surface area contributed by atoms with Gasteiger partial charge in [0.05, 0.1) is 6.10 Å². The molecule has 0 N–H and O–H groups in total. The minimum Gasteiger partial charge on any atom is -0.417 e. The summed E-state index contributed by atoms with van der Waals surface area (Å²) in [6, 6.07) is 0.